The highest BCUT2D eigenvalue weighted by Crippen LogP contribution is 2.30. The zero-order valence-electron chi connectivity index (χ0n) is 15.6. The van der Waals surface area contributed by atoms with Crippen LogP contribution >= 0.6 is 23.2 Å². The van der Waals surface area contributed by atoms with Crippen LogP contribution in [0.3, 0.4) is 0 Å². The second-order valence-corrected chi connectivity index (χ2v) is 9.50. The first-order chi connectivity index (χ1) is 13.7. The van der Waals surface area contributed by atoms with Gasteiger partial charge in [0, 0.05) is 18.1 Å². The highest BCUT2D eigenvalue weighted by atomic mass is 35.5. The third-order valence-electron chi connectivity index (χ3n) is 4.68. The van der Waals surface area contributed by atoms with E-state index in [4.69, 9.17) is 23.2 Å². The first-order valence-electron chi connectivity index (χ1n) is 8.96. The lowest BCUT2D eigenvalue weighted by Crippen LogP contribution is -2.41. The van der Waals surface area contributed by atoms with E-state index in [1.165, 1.54) is 10.4 Å². The molecule has 0 saturated heterocycles. The number of para-hydroxylation sites is 1. The van der Waals surface area contributed by atoms with Crippen molar-refractivity contribution in [1.82, 2.24) is 10.6 Å². The summed E-state index contributed by atoms with van der Waals surface area (Å²) in [6.07, 6.45) is 0.666. The molecule has 6 nitrogen and oxygen atoms in total. The molecular weight excluding hydrogens is 440 g/mol. The monoisotopic (exact) mass is 459 g/mol. The standard InChI is InChI=1S/C19H20Cl2FN3O3S/c1-12(14-10-17(22)16(21)11-15(14)20)24-19(26)23-7-9-29(27,28)25-8-6-13-4-2-3-5-18(13)25/h2-5,10-12H,6-9H2,1H3,(H2,23,24,26). The summed E-state index contributed by atoms with van der Waals surface area (Å²) in [5.74, 6) is -0.878. The van der Waals surface area contributed by atoms with Gasteiger partial charge in [0.1, 0.15) is 5.82 Å². The van der Waals surface area contributed by atoms with Gasteiger partial charge in [0.25, 0.3) is 0 Å². The van der Waals surface area contributed by atoms with E-state index in [9.17, 15) is 17.6 Å². The van der Waals surface area contributed by atoms with Gasteiger partial charge >= 0.3 is 6.03 Å². The quantitative estimate of drug-likeness (QED) is 0.643. The summed E-state index contributed by atoms with van der Waals surface area (Å²) >= 11 is 11.7. The highest BCUT2D eigenvalue weighted by molar-refractivity contribution is 7.92. The molecule has 0 bridgehead atoms. The predicted octanol–water partition coefficient (Wildman–Crippen LogP) is 3.89. The Morgan fingerprint density at radius 2 is 1.97 bits per heavy atom. The molecule has 1 heterocycles. The molecule has 0 spiro atoms. The van der Waals surface area contributed by atoms with Crippen molar-refractivity contribution in [3.8, 4) is 0 Å². The Bertz CT molecular complexity index is 1030. The Balaban J connectivity index is 1.54. The number of anilines is 1. The van der Waals surface area contributed by atoms with Crippen molar-refractivity contribution in [2.45, 2.75) is 19.4 Å². The van der Waals surface area contributed by atoms with Crippen molar-refractivity contribution in [3.63, 3.8) is 0 Å². The van der Waals surface area contributed by atoms with Crippen LogP contribution in [-0.4, -0.2) is 33.3 Å². The first kappa shape index (κ1) is 21.7. The van der Waals surface area contributed by atoms with Gasteiger partial charge in [-0.15, -0.1) is 0 Å². The molecule has 1 unspecified atom stereocenters. The number of urea groups is 1. The van der Waals surface area contributed by atoms with Gasteiger partial charge in [-0.1, -0.05) is 41.4 Å². The molecule has 3 rings (SSSR count). The minimum absolute atomic E-state index is 0.0672. The number of hydrogen-bond acceptors (Lipinski definition) is 3. The van der Waals surface area contributed by atoms with Gasteiger partial charge in [-0.3, -0.25) is 4.31 Å². The van der Waals surface area contributed by atoms with Gasteiger partial charge in [-0.2, -0.15) is 0 Å². The second kappa shape index (κ2) is 8.77. The van der Waals surface area contributed by atoms with Gasteiger partial charge < -0.3 is 10.6 Å². The average molecular weight is 460 g/mol. The van der Waals surface area contributed by atoms with Crippen LogP contribution in [0.25, 0.3) is 0 Å². The fourth-order valence-corrected chi connectivity index (χ4v) is 5.17. The van der Waals surface area contributed by atoms with Crippen molar-refractivity contribution in [2.24, 2.45) is 0 Å². The molecule has 0 saturated carbocycles. The Morgan fingerprint density at radius 1 is 1.24 bits per heavy atom. The summed E-state index contributed by atoms with van der Waals surface area (Å²) in [6.45, 7) is 1.96. The Kier molecular flexibility index (Phi) is 6.55. The molecule has 0 aromatic heterocycles. The minimum Gasteiger partial charge on any atom is -0.337 e. The summed E-state index contributed by atoms with van der Waals surface area (Å²) in [5, 5.41) is 5.23. The van der Waals surface area contributed by atoms with Crippen molar-refractivity contribution in [2.75, 3.05) is 23.1 Å². The van der Waals surface area contributed by atoms with E-state index in [0.717, 1.165) is 11.6 Å². The lowest BCUT2D eigenvalue weighted by Gasteiger charge is -2.20. The maximum atomic E-state index is 13.7. The number of benzene rings is 2. The summed E-state index contributed by atoms with van der Waals surface area (Å²) in [5.41, 5.74) is 2.04. The third kappa shape index (κ3) is 4.94. The van der Waals surface area contributed by atoms with E-state index in [1.807, 2.05) is 12.1 Å². The number of rotatable bonds is 6. The molecule has 2 aromatic rings. The zero-order chi connectivity index (χ0) is 21.2. The number of halogens is 3. The number of nitrogens with zero attached hydrogens (tertiary/aromatic N) is 1. The second-order valence-electron chi connectivity index (χ2n) is 6.68. The van der Waals surface area contributed by atoms with E-state index in [-0.39, 0.29) is 22.3 Å². The molecule has 1 atom stereocenters. The SMILES string of the molecule is CC(NC(=O)NCCS(=O)(=O)N1CCc2ccccc21)c1cc(F)c(Cl)cc1Cl. The predicted molar refractivity (Wildman–Crippen MR) is 113 cm³/mol. The number of amides is 2. The summed E-state index contributed by atoms with van der Waals surface area (Å²) < 4.78 is 40.3. The van der Waals surface area contributed by atoms with Gasteiger partial charge in [-0.25, -0.2) is 17.6 Å². The number of fused-ring (bicyclic) bond motifs is 1. The van der Waals surface area contributed by atoms with Crippen LogP contribution in [0.2, 0.25) is 10.0 Å². The molecule has 1 aliphatic rings. The van der Waals surface area contributed by atoms with Crippen molar-refractivity contribution in [3.05, 3.63) is 63.4 Å². The van der Waals surface area contributed by atoms with Crippen LogP contribution < -0.4 is 14.9 Å². The Labute approximate surface area is 179 Å². The van der Waals surface area contributed by atoms with Crippen LogP contribution in [0.1, 0.15) is 24.1 Å². The van der Waals surface area contributed by atoms with E-state index in [0.29, 0.717) is 24.2 Å². The number of hydrogen-bond donors (Lipinski definition) is 2. The lowest BCUT2D eigenvalue weighted by atomic mass is 10.1. The van der Waals surface area contributed by atoms with Crippen molar-refractivity contribution >= 4 is 44.9 Å². The van der Waals surface area contributed by atoms with E-state index in [2.05, 4.69) is 10.6 Å². The number of nitrogens with one attached hydrogen (secondary N) is 2. The lowest BCUT2D eigenvalue weighted by molar-refractivity contribution is 0.238. The molecule has 156 valence electrons. The van der Waals surface area contributed by atoms with E-state index in [1.54, 1.807) is 19.1 Å². The van der Waals surface area contributed by atoms with E-state index < -0.39 is 27.9 Å². The van der Waals surface area contributed by atoms with Gasteiger partial charge in [0.2, 0.25) is 10.0 Å². The van der Waals surface area contributed by atoms with Crippen LogP contribution in [0.4, 0.5) is 14.9 Å². The molecule has 1 aliphatic heterocycles. The molecule has 2 amide bonds. The number of carbonyl (C=O) groups excluding carboxylic acids is 1. The topological polar surface area (TPSA) is 78.5 Å². The molecule has 0 radical (unpaired) electrons. The maximum Gasteiger partial charge on any atom is 0.315 e. The summed E-state index contributed by atoms with van der Waals surface area (Å²) in [6, 6.07) is 8.59. The number of sulfonamides is 1. The maximum absolute atomic E-state index is 13.7. The smallest absolute Gasteiger partial charge is 0.315 e. The largest absolute Gasteiger partial charge is 0.337 e. The van der Waals surface area contributed by atoms with Crippen LogP contribution in [0, 0.1) is 5.82 Å². The van der Waals surface area contributed by atoms with Crippen LogP contribution in [-0.2, 0) is 16.4 Å². The van der Waals surface area contributed by atoms with Crippen LogP contribution in [0.15, 0.2) is 36.4 Å². The normalized spacial score (nSPS) is 14.4. The molecular formula is C19H20Cl2FN3O3S. The van der Waals surface area contributed by atoms with Crippen LogP contribution in [0.5, 0.6) is 0 Å². The molecule has 29 heavy (non-hydrogen) atoms. The minimum atomic E-state index is -3.56. The highest BCUT2D eigenvalue weighted by Gasteiger charge is 2.28. The molecule has 2 N–H and O–H groups in total. The van der Waals surface area contributed by atoms with Gasteiger partial charge in [-0.05, 0) is 42.7 Å². The molecule has 0 aliphatic carbocycles. The molecule has 10 heteroatoms. The summed E-state index contributed by atoms with van der Waals surface area (Å²) in [7, 11) is -3.56. The number of carbonyl (C=O) groups is 1. The fourth-order valence-electron chi connectivity index (χ4n) is 3.20. The fraction of sp³-hybridized carbons (Fsp3) is 0.316. The average Bonchev–Trinajstić information content (AvgIpc) is 3.09. The van der Waals surface area contributed by atoms with Crippen molar-refractivity contribution < 1.29 is 17.6 Å². The first-order valence-corrected chi connectivity index (χ1v) is 11.3. The zero-order valence-corrected chi connectivity index (χ0v) is 17.9. The molecule has 2 aromatic carbocycles. The van der Waals surface area contributed by atoms with Gasteiger partial charge in [0.15, 0.2) is 0 Å². The Hall–Kier alpha value is -2.03. The third-order valence-corrected chi connectivity index (χ3v) is 7.07. The molecule has 0 fully saturated rings. The van der Waals surface area contributed by atoms with Gasteiger partial charge in [0.05, 0.1) is 22.5 Å². The van der Waals surface area contributed by atoms with Crippen molar-refractivity contribution in [1.29, 1.82) is 0 Å². The van der Waals surface area contributed by atoms with E-state index >= 15 is 0 Å². The Morgan fingerprint density at radius 3 is 2.72 bits per heavy atom. The summed E-state index contributed by atoms with van der Waals surface area (Å²) in [4.78, 5) is 12.1.